The molecule has 0 fully saturated rings. The molecule has 2 N–H and O–H groups in total. The maximum Gasteiger partial charge on any atom is 0.264 e. The van der Waals surface area contributed by atoms with E-state index in [1.807, 2.05) is 6.07 Å². The summed E-state index contributed by atoms with van der Waals surface area (Å²) in [6, 6.07) is 18.3. The average molecular weight is 487 g/mol. The Balaban J connectivity index is 1.74. The van der Waals surface area contributed by atoms with Gasteiger partial charge in [0.25, 0.3) is 5.91 Å². The topological polar surface area (TPSA) is 77.8 Å². The van der Waals surface area contributed by atoms with Crippen molar-refractivity contribution in [3.8, 4) is 5.75 Å². The highest BCUT2D eigenvalue weighted by atomic mass is 79.9. The number of aromatic hydroxyl groups is 1. The lowest BCUT2D eigenvalue weighted by atomic mass is 9.88. The quantitative estimate of drug-likeness (QED) is 0.507. The van der Waals surface area contributed by atoms with Gasteiger partial charge in [-0.15, -0.1) is 0 Å². The number of phenols is 1. The van der Waals surface area contributed by atoms with E-state index in [9.17, 15) is 19.8 Å². The van der Waals surface area contributed by atoms with Crippen LogP contribution in [0.2, 0.25) is 5.02 Å². The minimum Gasteiger partial charge on any atom is -0.507 e. The van der Waals surface area contributed by atoms with E-state index in [1.54, 1.807) is 48.5 Å². The molecule has 7 heteroatoms. The number of ketones is 1. The molecular formula is C23H17BrClNO4. The van der Waals surface area contributed by atoms with E-state index in [1.165, 1.54) is 17.0 Å². The van der Waals surface area contributed by atoms with Gasteiger partial charge in [0.1, 0.15) is 5.75 Å². The minimum absolute atomic E-state index is 0.0554. The molecule has 4 rings (SSSR count). The lowest BCUT2D eigenvalue weighted by molar-refractivity contribution is -0.136. The van der Waals surface area contributed by atoms with Gasteiger partial charge in [-0.25, -0.2) is 0 Å². The van der Waals surface area contributed by atoms with Gasteiger partial charge in [-0.05, 0) is 42.0 Å². The molecule has 0 aliphatic carbocycles. The first kappa shape index (κ1) is 20.6. The molecule has 1 heterocycles. The number of para-hydroxylation sites is 1. The number of anilines is 1. The molecule has 0 saturated heterocycles. The number of fused-ring (bicyclic) bond motifs is 1. The van der Waals surface area contributed by atoms with Gasteiger partial charge in [-0.2, -0.15) is 0 Å². The van der Waals surface area contributed by atoms with Gasteiger partial charge >= 0.3 is 0 Å². The molecule has 3 aromatic rings. The van der Waals surface area contributed by atoms with Crippen molar-refractivity contribution in [3.05, 3.63) is 92.9 Å². The SMILES string of the molecule is O=C(C[C@]1(O)C(=O)N(Cc2ccccc2Cl)c2ccc(Br)cc21)c1ccccc1O. The highest BCUT2D eigenvalue weighted by molar-refractivity contribution is 9.10. The average Bonchev–Trinajstić information content (AvgIpc) is 2.91. The lowest BCUT2D eigenvalue weighted by Gasteiger charge is -2.23. The maximum absolute atomic E-state index is 13.4. The number of rotatable bonds is 5. The van der Waals surface area contributed by atoms with Crippen molar-refractivity contribution in [2.75, 3.05) is 4.90 Å². The summed E-state index contributed by atoms with van der Waals surface area (Å²) in [6.45, 7) is 0.153. The molecule has 0 bridgehead atoms. The maximum atomic E-state index is 13.4. The first-order valence-electron chi connectivity index (χ1n) is 9.20. The van der Waals surface area contributed by atoms with Crippen molar-refractivity contribution < 1.29 is 19.8 Å². The highest BCUT2D eigenvalue weighted by Gasteiger charge is 2.51. The fourth-order valence-corrected chi connectivity index (χ4v) is 4.24. The molecule has 0 unspecified atom stereocenters. The Hall–Kier alpha value is -2.67. The molecule has 0 radical (unpaired) electrons. The van der Waals surface area contributed by atoms with E-state index < -0.39 is 23.7 Å². The molecule has 0 saturated carbocycles. The smallest absolute Gasteiger partial charge is 0.264 e. The van der Waals surface area contributed by atoms with Crippen molar-refractivity contribution >= 4 is 44.9 Å². The van der Waals surface area contributed by atoms with Crippen LogP contribution in [0.15, 0.2) is 71.2 Å². The monoisotopic (exact) mass is 485 g/mol. The van der Waals surface area contributed by atoms with E-state index in [0.29, 0.717) is 20.7 Å². The number of carbonyl (C=O) groups is 2. The normalized spacial score (nSPS) is 17.8. The number of nitrogens with zero attached hydrogens (tertiary/aromatic N) is 1. The zero-order valence-electron chi connectivity index (χ0n) is 15.7. The number of benzene rings is 3. The second-order valence-electron chi connectivity index (χ2n) is 7.12. The van der Waals surface area contributed by atoms with Crippen LogP contribution in [0.3, 0.4) is 0 Å². The van der Waals surface area contributed by atoms with Crippen LogP contribution in [0.25, 0.3) is 0 Å². The number of hydrogen-bond donors (Lipinski definition) is 2. The van der Waals surface area contributed by atoms with E-state index in [2.05, 4.69) is 15.9 Å². The van der Waals surface area contributed by atoms with Gasteiger partial charge in [0, 0.05) is 15.1 Å². The van der Waals surface area contributed by atoms with Crippen LogP contribution in [-0.4, -0.2) is 21.9 Å². The van der Waals surface area contributed by atoms with Crippen LogP contribution in [-0.2, 0) is 16.9 Å². The van der Waals surface area contributed by atoms with Gasteiger partial charge in [-0.1, -0.05) is 57.9 Å². The van der Waals surface area contributed by atoms with Crippen LogP contribution in [0.4, 0.5) is 5.69 Å². The summed E-state index contributed by atoms with van der Waals surface area (Å²) in [4.78, 5) is 27.7. The molecular weight excluding hydrogens is 470 g/mol. The summed E-state index contributed by atoms with van der Waals surface area (Å²) >= 11 is 9.64. The van der Waals surface area contributed by atoms with Crippen LogP contribution >= 0.6 is 27.5 Å². The number of amides is 1. The van der Waals surface area contributed by atoms with Gasteiger partial charge < -0.3 is 15.1 Å². The van der Waals surface area contributed by atoms with Gasteiger partial charge in [0.05, 0.1) is 24.2 Å². The number of hydrogen-bond acceptors (Lipinski definition) is 4. The summed E-state index contributed by atoms with van der Waals surface area (Å²) in [6.07, 6.45) is -0.494. The van der Waals surface area contributed by atoms with Crippen LogP contribution in [0.1, 0.15) is 27.9 Å². The Morgan fingerprint density at radius 3 is 2.50 bits per heavy atom. The molecule has 1 aliphatic rings. The summed E-state index contributed by atoms with van der Waals surface area (Å²) in [7, 11) is 0. The first-order valence-corrected chi connectivity index (χ1v) is 10.4. The molecule has 3 aromatic carbocycles. The summed E-state index contributed by atoms with van der Waals surface area (Å²) < 4.78 is 0.669. The second-order valence-corrected chi connectivity index (χ2v) is 8.44. The Labute approximate surface area is 186 Å². The Morgan fingerprint density at radius 2 is 1.77 bits per heavy atom. The second kappa shape index (κ2) is 7.87. The molecule has 152 valence electrons. The minimum atomic E-state index is -2.06. The van der Waals surface area contributed by atoms with Crippen molar-refractivity contribution in [1.29, 1.82) is 0 Å². The Morgan fingerprint density at radius 1 is 1.07 bits per heavy atom. The van der Waals surface area contributed by atoms with Gasteiger partial charge in [0.15, 0.2) is 11.4 Å². The van der Waals surface area contributed by atoms with E-state index >= 15 is 0 Å². The van der Waals surface area contributed by atoms with Crippen LogP contribution < -0.4 is 4.90 Å². The zero-order chi connectivity index (χ0) is 21.5. The lowest BCUT2D eigenvalue weighted by Crippen LogP contribution is -2.41. The van der Waals surface area contributed by atoms with Gasteiger partial charge in [-0.3, -0.25) is 9.59 Å². The molecule has 30 heavy (non-hydrogen) atoms. The molecule has 1 atom stereocenters. The molecule has 1 amide bonds. The van der Waals surface area contributed by atoms with Crippen molar-refractivity contribution in [2.24, 2.45) is 0 Å². The van der Waals surface area contributed by atoms with E-state index in [-0.39, 0.29) is 17.9 Å². The van der Waals surface area contributed by atoms with Gasteiger partial charge in [0.2, 0.25) is 0 Å². The molecule has 0 aromatic heterocycles. The van der Waals surface area contributed by atoms with Crippen molar-refractivity contribution in [3.63, 3.8) is 0 Å². The summed E-state index contributed by atoms with van der Waals surface area (Å²) in [5.41, 5.74) is -0.439. The van der Waals surface area contributed by atoms with Crippen LogP contribution in [0.5, 0.6) is 5.75 Å². The Bertz CT molecular complexity index is 1170. The summed E-state index contributed by atoms with van der Waals surface area (Å²) in [5, 5.41) is 21.9. The fraction of sp³-hybridized carbons (Fsp3) is 0.130. The summed E-state index contributed by atoms with van der Waals surface area (Å²) in [5.74, 6) is -1.34. The number of halogens is 2. The molecule has 0 spiro atoms. The third-order valence-corrected chi connectivity index (χ3v) is 6.06. The molecule has 5 nitrogen and oxygen atoms in total. The third-order valence-electron chi connectivity index (χ3n) is 5.20. The predicted octanol–water partition coefficient (Wildman–Crippen LogP) is 4.82. The van der Waals surface area contributed by atoms with E-state index in [0.717, 1.165) is 5.56 Å². The van der Waals surface area contributed by atoms with Crippen molar-refractivity contribution in [1.82, 2.24) is 0 Å². The standard InChI is InChI=1S/C23H17BrClNO4/c24-15-9-10-19-17(11-15)23(30,12-21(28)16-6-2-4-8-20(16)27)22(29)26(19)13-14-5-1-3-7-18(14)25/h1-11,27,30H,12-13H2/t23-/m1/s1. The Kier molecular flexibility index (Phi) is 5.40. The first-order chi connectivity index (χ1) is 14.3. The van der Waals surface area contributed by atoms with E-state index in [4.69, 9.17) is 11.6 Å². The molecule has 1 aliphatic heterocycles. The van der Waals surface area contributed by atoms with Crippen molar-refractivity contribution in [2.45, 2.75) is 18.6 Å². The third kappa shape index (κ3) is 3.51. The van der Waals surface area contributed by atoms with Crippen LogP contribution in [0, 0.1) is 0 Å². The predicted molar refractivity (Wildman–Crippen MR) is 118 cm³/mol. The number of carbonyl (C=O) groups excluding carboxylic acids is 2. The highest BCUT2D eigenvalue weighted by Crippen LogP contribution is 2.45. The zero-order valence-corrected chi connectivity index (χ0v) is 18.0. The largest absolute Gasteiger partial charge is 0.507 e. The number of phenolic OH excluding ortho intramolecular Hbond substituents is 1. The number of aliphatic hydroxyl groups is 1. The number of Topliss-reactive ketones (excluding diaryl/α,β-unsaturated/α-hetero) is 1. The fourth-order valence-electron chi connectivity index (χ4n) is 3.68.